The average Bonchev–Trinajstić information content (AvgIpc) is 2.24. The Bertz CT molecular complexity index is 446. The summed E-state index contributed by atoms with van der Waals surface area (Å²) < 4.78 is 21.2. The van der Waals surface area contributed by atoms with E-state index in [4.69, 9.17) is 5.14 Å². The minimum Gasteiger partial charge on any atom is -0.352 e. The first-order valence-corrected chi connectivity index (χ1v) is 6.24. The molecule has 1 aromatic heterocycles. The van der Waals surface area contributed by atoms with Gasteiger partial charge in [0.2, 0.25) is 10.0 Å². The van der Waals surface area contributed by atoms with Crippen LogP contribution in [-0.2, 0) is 10.0 Å². The van der Waals surface area contributed by atoms with Crippen molar-refractivity contribution in [3.63, 3.8) is 0 Å². The zero-order valence-corrected chi connectivity index (χ0v) is 9.27. The SMILES string of the molecule is NS(=O)(=O)CCCNC(=O)c1cncnc1. The third-order valence-corrected chi connectivity index (χ3v) is 2.57. The number of rotatable bonds is 5. The summed E-state index contributed by atoms with van der Waals surface area (Å²) in [4.78, 5) is 18.8. The van der Waals surface area contributed by atoms with E-state index < -0.39 is 10.0 Å². The molecule has 3 N–H and O–H groups in total. The zero-order valence-electron chi connectivity index (χ0n) is 8.46. The molecule has 1 heterocycles. The van der Waals surface area contributed by atoms with Crippen molar-refractivity contribution in [2.75, 3.05) is 12.3 Å². The van der Waals surface area contributed by atoms with Crippen molar-refractivity contribution in [1.82, 2.24) is 15.3 Å². The lowest BCUT2D eigenvalue weighted by Crippen LogP contribution is -2.27. The van der Waals surface area contributed by atoms with Gasteiger partial charge in [0.05, 0.1) is 11.3 Å². The molecule has 0 aliphatic carbocycles. The van der Waals surface area contributed by atoms with Gasteiger partial charge in [-0.25, -0.2) is 23.5 Å². The van der Waals surface area contributed by atoms with Crippen LogP contribution in [0.25, 0.3) is 0 Å². The molecule has 0 aliphatic heterocycles. The third kappa shape index (κ3) is 4.80. The van der Waals surface area contributed by atoms with Crippen LogP contribution in [0.2, 0.25) is 0 Å². The normalized spacial score (nSPS) is 11.1. The number of nitrogens with one attached hydrogen (secondary N) is 1. The largest absolute Gasteiger partial charge is 0.352 e. The van der Waals surface area contributed by atoms with Gasteiger partial charge in [0.1, 0.15) is 6.33 Å². The molecule has 1 aromatic rings. The summed E-state index contributed by atoms with van der Waals surface area (Å²) in [6.07, 6.45) is 4.35. The van der Waals surface area contributed by atoms with Crippen molar-refractivity contribution in [3.8, 4) is 0 Å². The Balaban J connectivity index is 2.32. The maximum atomic E-state index is 11.4. The Morgan fingerprint density at radius 3 is 2.56 bits per heavy atom. The van der Waals surface area contributed by atoms with Gasteiger partial charge in [-0.15, -0.1) is 0 Å². The first-order valence-electron chi connectivity index (χ1n) is 4.53. The Morgan fingerprint density at radius 1 is 1.38 bits per heavy atom. The van der Waals surface area contributed by atoms with Crippen molar-refractivity contribution in [2.24, 2.45) is 5.14 Å². The summed E-state index contributed by atoms with van der Waals surface area (Å²) >= 11 is 0. The smallest absolute Gasteiger partial charge is 0.254 e. The van der Waals surface area contributed by atoms with Crippen LogP contribution in [0.4, 0.5) is 0 Å². The van der Waals surface area contributed by atoms with Crippen molar-refractivity contribution in [3.05, 3.63) is 24.3 Å². The highest BCUT2D eigenvalue weighted by Crippen LogP contribution is 1.92. The second kappa shape index (κ2) is 5.52. The van der Waals surface area contributed by atoms with Crippen LogP contribution in [0.3, 0.4) is 0 Å². The molecule has 0 saturated heterocycles. The molecule has 88 valence electrons. The van der Waals surface area contributed by atoms with Gasteiger partial charge in [-0.1, -0.05) is 0 Å². The Labute approximate surface area is 93.1 Å². The van der Waals surface area contributed by atoms with Gasteiger partial charge in [0.25, 0.3) is 5.91 Å². The maximum Gasteiger partial charge on any atom is 0.254 e. The van der Waals surface area contributed by atoms with E-state index in [2.05, 4.69) is 15.3 Å². The average molecular weight is 244 g/mol. The highest BCUT2D eigenvalue weighted by Gasteiger charge is 2.06. The van der Waals surface area contributed by atoms with Crippen LogP contribution in [0.1, 0.15) is 16.8 Å². The molecule has 0 aliphatic rings. The van der Waals surface area contributed by atoms with Crippen LogP contribution < -0.4 is 10.5 Å². The van der Waals surface area contributed by atoms with Crippen LogP contribution in [0.15, 0.2) is 18.7 Å². The number of sulfonamides is 1. The number of carbonyl (C=O) groups is 1. The molecule has 1 amide bonds. The van der Waals surface area contributed by atoms with Gasteiger partial charge < -0.3 is 5.32 Å². The predicted molar refractivity (Wildman–Crippen MR) is 57.0 cm³/mol. The van der Waals surface area contributed by atoms with Crippen molar-refractivity contribution in [1.29, 1.82) is 0 Å². The molecule has 0 atom stereocenters. The number of primary sulfonamides is 1. The van der Waals surface area contributed by atoms with Gasteiger partial charge in [0, 0.05) is 18.9 Å². The first-order chi connectivity index (χ1) is 7.49. The molecular weight excluding hydrogens is 232 g/mol. The molecule has 0 spiro atoms. The quantitative estimate of drug-likeness (QED) is 0.637. The molecule has 0 bridgehead atoms. The summed E-state index contributed by atoms with van der Waals surface area (Å²) in [6.45, 7) is 0.240. The first kappa shape index (κ1) is 12.5. The monoisotopic (exact) mass is 244 g/mol. The summed E-state index contributed by atoms with van der Waals surface area (Å²) in [5, 5.41) is 7.34. The van der Waals surface area contributed by atoms with E-state index in [0.717, 1.165) is 0 Å². The second-order valence-corrected chi connectivity index (χ2v) is 4.84. The highest BCUT2D eigenvalue weighted by molar-refractivity contribution is 7.89. The van der Waals surface area contributed by atoms with Gasteiger partial charge in [-0.2, -0.15) is 0 Å². The molecule has 0 saturated carbocycles. The molecule has 0 radical (unpaired) electrons. The Hall–Kier alpha value is -1.54. The van der Waals surface area contributed by atoms with Gasteiger partial charge in [-0.3, -0.25) is 4.79 Å². The predicted octanol–water partition coefficient (Wildman–Crippen LogP) is -1.11. The third-order valence-electron chi connectivity index (χ3n) is 1.71. The fraction of sp³-hybridized carbons (Fsp3) is 0.375. The van der Waals surface area contributed by atoms with Crippen LogP contribution in [0.5, 0.6) is 0 Å². The summed E-state index contributed by atoms with van der Waals surface area (Å²) in [5.74, 6) is -0.492. The van der Waals surface area contributed by atoms with Gasteiger partial charge >= 0.3 is 0 Å². The number of nitrogens with zero attached hydrogens (tertiary/aromatic N) is 2. The number of aromatic nitrogens is 2. The Kier molecular flexibility index (Phi) is 4.32. The van der Waals surface area contributed by atoms with E-state index in [-0.39, 0.29) is 24.6 Å². The standard InChI is InChI=1S/C8H12N4O3S/c9-16(14,15)3-1-2-12-8(13)7-4-10-6-11-5-7/h4-6H,1-3H2,(H,12,13)(H2,9,14,15). The zero-order chi connectivity index (χ0) is 12.0. The lowest BCUT2D eigenvalue weighted by atomic mass is 10.3. The molecular formula is C8H12N4O3S. The van der Waals surface area contributed by atoms with Gasteiger partial charge in [0.15, 0.2) is 0 Å². The lowest BCUT2D eigenvalue weighted by Gasteiger charge is -2.03. The summed E-state index contributed by atoms with van der Waals surface area (Å²) in [6, 6.07) is 0. The number of hydrogen-bond donors (Lipinski definition) is 2. The minimum absolute atomic E-state index is 0.154. The number of carbonyl (C=O) groups excluding carboxylic acids is 1. The van der Waals surface area contributed by atoms with E-state index in [1.807, 2.05) is 0 Å². The number of nitrogens with two attached hydrogens (primary N) is 1. The maximum absolute atomic E-state index is 11.4. The van der Waals surface area contributed by atoms with E-state index in [1.165, 1.54) is 18.7 Å². The number of amides is 1. The summed E-state index contributed by atoms with van der Waals surface area (Å²) in [5.41, 5.74) is 0.332. The topological polar surface area (TPSA) is 115 Å². The molecule has 1 rings (SSSR count). The van der Waals surface area contributed by atoms with Crippen molar-refractivity contribution in [2.45, 2.75) is 6.42 Å². The molecule has 0 fully saturated rings. The van der Waals surface area contributed by atoms with Crippen LogP contribution in [0, 0.1) is 0 Å². The van der Waals surface area contributed by atoms with E-state index in [9.17, 15) is 13.2 Å². The molecule has 16 heavy (non-hydrogen) atoms. The second-order valence-electron chi connectivity index (χ2n) is 3.10. The van der Waals surface area contributed by atoms with Gasteiger partial charge in [-0.05, 0) is 6.42 Å². The highest BCUT2D eigenvalue weighted by atomic mass is 32.2. The molecule has 8 heteroatoms. The lowest BCUT2D eigenvalue weighted by molar-refractivity contribution is 0.0953. The molecule has 0 aromatic carbocycles. The fourth-order valence-electron chi connectivity index (χ4n) is 0.994. The molecule has 0 unspecified atom stereocenters. The summed E-state index contributed by atoms with van der Waals surface area (Å²) in [7, 11) is -3.46. The van der Waals surface area contributed by atoms with Crippen molar-refractivity contribution >= 4 is 15.9 Å². The molecule has 7 nitrogen and oxygen atoms in total. The van der Waals surface area contributed by atoms with Crippen LogP contribution in [-0.4, -0.2) is 36.6 Å². The van der Waals surface area contributed by atoms with E-state index in [0.29, 0.717) is 5.56 Å². The Morgan fingerprint density at radius 2 is 2.00 bits per heavy atom. The van der Waals surface area contributed by atoms with Crippen LogP contribution >= 0.6 is 0 Å². The fourth-order valence-corrected chi connectivity index (χ4v) is 1.54. The van der Waals surface area contributed by atoms with E-state index >= 15 is 0 Å². The van der Waals surface area contributed by atoms with Crippen molar-refractivity contribution < 1.29 is 13.2 Å². The minimum atomic E-state index is -3.46. The van der Waals surface area contributed by atoms with E-state index in [1.54, 1.807) is 0 Å². The number of hydrogen-bond acceptors (Lipinski definition) is 5.